The zero-order valence-corrected chi connectivity index (χ0v) is 9.33. The molecule has 0 fully saturated rings. The fourth-order valence-corrected chi connectivity index (χ4v) is 2.56. The predicted molar refractivity (Wildman–Crippen MR) is 59.8 cm³/mol. The standard InChI is InChI=1S/C7H11N3O2S2/c1-8-6(12)10-5(11)4-14-7-9-2-3-13-7/h2-4H2,1H3,(H2,8,10,11,12). The van der Waals surface area contributed by atoms with E-state index in [1.54, 1.807) is 11.8 Å². The Morgan fingerprint density at radius 3 is 3.00 bits per heavy atom. The molecule has 5 nitrogen and oxygen atoms in total. The van der Waals surface area contributed by atoms with Crippen molar-refractivity contribution < 1.29 is 9.59 Å². The molecule has 78 valence electrons. The second kappa shape index (κ2) is 5.92. The van der Waals surface area contributed by atoms with Gasteiger partial charge >= 0.3 is 6.03 Å². The molecule has 0 spiro atoms. The fourth-order valence-electron chi connectivity index (χ4n) is 0.755. The number of nitrogens with one attached hydrogen (secondary N) is 2. The van der Waals surface area contributed by atoms with Gasteiger partial charge in [0.25, 0.3) is 0 Å². The minimum atomic E-state index is -0.475. The minimum absolute atomic E-state index is 0.235. The number of carbonyl (C=O) groups is 2. The van der Waals surface area contributed by atoms with E-state index < -0.39 is 6.03 Å². The van der Waals surface area contributed by atoms with Crippen molar-refractivity contribution in [3.63, 3.8) is 0 Å². The molecule has 14 heavy (non-hydrogen) atoms. The van der Waals surface area contributed by atoms with Crippen LogP contribution in [-0.2, 0) is 4.79 Å². The van der Waals surface area contributed by atoms with Crippen LogP contribution in [0.25, 0.3) is 0 Å². The van der Waals surface area contributed by atoms with Gasteiger partial charge < -0.3 is 5.32 Å². The summed E-state index contributed by atoms with van der Waals surface area (Å²) in [7, 11) is 1.46. The maximum atomic E-state index is 11.1. The van der Waals surface area contributed by atoms with E-state index in [4.69, 9.17) is 0 Å². The number of aliphatic imine (C=N–C) groups is 1. The van der Waals surface area contributed by atoms with Crippen LogP contribution < -0.4 is 10.6 Å². The van der Waals surface area contributed by atoms with Gasteiger partial charge in [0.15, 0.2) is 0 Å². The van der Waals surface area contributed by atoms with Crippen molar-refractivity contribution >= 4 is 39.8 Å². The summed E-state index contributed by atoms with van der Waals surface area (Å²) in [5.74, 6) is 0.920. The Balaban J connectivity index is 2.17. The Labute approximate surface area is 90.5 Å². The molecule has 0 bridgehead atoms. The Morgan fingerprint density at radius 1 is 1.64 bits per heavy atom. The number of rotatable bonds is 2. The number of thioether (sulfide) groups is 2. The molecule has 3 amide bonds. The molecule has 1 aliphatic rings. The van der Waals surface area contributed by atoms with Gasteiger partial charge in [-0.1, -0.05) is 23.5 Å². The Kier molecular flexibility index (Phi) is 4.81. The van der Waals surface area contributed by atoms with Gasteiger partial charge in [0.1, 0.15) is 4.38 Å². The number of hydrogen-bond acceptors (Lipinski definition) is 5. The van der Waals surface area contributed by atoms with E-state index in [0.717, 1.165) is 16.7 Å². The average molecular weight is 233 g/mol. The van der Waals surface area contributed by atoms with Crippen LogP contribution in [0.15, 0.2) is 4.99 Å². The second-order valence-electron chi connectivity index (χ2n) is 2.41. The van der Waals surface area contributed by atoms with Crippen molar-refractivity contribution in [2.24, 2.45) is 4.99 Å². The summed E-state index contributed by atoms with van der Waals surface area (Å²) >= 11 is 3.01. The lowest BCUT2D eigenvalue weighted by Gasteiger charge is -2.02. The molecule has 1 heterocycles. The third-order valence-electron chi connectivity index (χ3n) is 1.36. The lowest BCUT2D eigenvalue weighted by atomic mass is 10.7. The summed E-state index contributed by atoms with van der Waals surface area (Å²) in [6.07, 6.45) is 0. The predicted octanol–water partition coefficient (Wildman–Crippen LogP) is 0.278. The smallest absolute Gasteiger partial charge is 0.321 e. The van der Waals surface area contributed by atoms with Gasteiger partial charge in [-0.15, -0.1) is 0 Å². The molecule has 0 atom stereocenters. The first-order chi connectivity index (χ1) is 6.72. The average Bonchev–Trinajstić information content (AvgIpc) is 2.67. The van der Waals surface area contributed by atoms with Crippen LogP contribution in [0.5, 0.6) is 0 Å². The summed E-state index contributed by atoms with van der Waals surface area (Å²) in [5.41, 5.74) is 0. The summed E-state index contributed by atoms with van der Waals surface area (Å²) < 4.78 is 0.928. The quantitative estimate of drug-likeness (QED) is 0.718. The highest BCUT2D eigenvalue weighted by molar-refractivity contribution is 8.39. The lowest BCUT2D eigenvalue weighted by molar-refractivity contribution is -0.117. The molecule has 0 aromatic carbocycles. The number of urea groups is 1. The maximum absolute atomic E-state index is 11.1. The van der Waals surface area contributed by atoms with Crippen LogP contribution in [0.2, 0.25) is 0 Å². The summed E-state index contributed by atoms with van der Waals surface area (Å²) in [6.45, 7) is 0.823. The van der Waals surface area contributed by atoms with Crippen molar-refractivity contribution in [2.75, 3.05) is 25.1 Å². The molecule has 1 aliphatic heterocycles. The first kappa shape index (κ1) is 11.4. The van der Waals surface area contributed by atoms with Gasteiger partial charge in [-0.05, 0) is 0 Å². The highest BCUT2D eigenvalue weighted by atomic mass is 32.2. The first-order valence-corrected chi connectivity index (χ1v) is 6.01. The van der Waals surface area contributed by atoms with E-state index >= 15 is 0 Å². The van der Waals surface area contributed by atoms with Gasteiger partial charge in [0, 0.05) is 12.8 Å². The lowest BCUT2D eigenvalue weighted by Crippen LogP contribution is -2.38. The van der Waals surface area contributed by atoms with Crippen LogP contribution in [-0.4, -0.2) is 41.4 Å². The number of amides is 3. The van der Waals surface area contributed by atoms with E-state index in [-0.39, 0.29) is 11.7 Å². The minimum Gasteiger partial charge on any atom is -0.341 e. The third-order valence-corrected chi connectivity index (χ3v) is 3.62. The highest BCUT2D eigenvalue weighted by Crippen LogP contribution is 2.21. The molecule has 2 N–H and O–H groups in total. The molecule has 0 aromatic rings. The normalized spacial score (nSPS) is 14.8. The third kappa shape index (κ3) is 4.01. The Bertz CT molecular complexity index is 268. The maximum Gasteiger partial charge on any atom is 0.321 e. The Morgan fingerprint density at radius 2 is 2.43 bits per heavy atom. The molecule has 1 rings (SSSR count). The van der Waals surface area contributed by atoms with Gasteiger partial charge in [-0.3, -0.25) is 15.1 Å². The summed E-state index contributed by atoms with van der Waals surface area (Å²) in [5, 5.41) is 4.49. The van der Waals surface area contributed by atoms with Crippen LogP contribution >= 0.6 is 23.5 Å². The zero-order chi connectivity index (χ0) is 10.4. The van der Waals surface area contributed by atoms with Crippen LogP contribution in [0.3, 0.4) is 0 Å². The Hall–Kier alpha value is -0.690. The molecular weight excluding hydrogens is 222 g/mol. The topological polar surface area (TPSA) is 70.6 Å². The monoisotopic (exact) mass is 233 g/mol. The number of nitrogens with zero attached hydrogens (tertiary/aromatic N) is 1. The van der Waals surface area contributed by atoms with E-state index in [0.29, 0.717) is 0 Å². The first-order valence-electron chi connectivity index (χ1n) is 4.04. The summed E-state index contributed by atoms with van der Waals surface area (Å²) in [4.78, 5) is 26.0. The zero-order valence-electron chi connectivity index (χ0n) is 7.70. The van der Waals surface area contributed by atoms with E-state index in [1.165, 1.54) is 18.8 Å². The van der Waals surface area contributed by atoms with E-state index in [1.807, 2.05) is 0 Å². The summed E-state index contributed by atoms with van der Waals surface area (Å²) in [6, 6.07) is -0.475. The van der Waals surface area contributed by atoms with Crippen LogP contribution in [0, 0.1) is 0 Å². The second-order valence-corrected chi connectivity index (χ2v) is 4.72. The van der Waals surface area contributed by atoms with Crippen LogP contribution in [0.4, 0.5) is 4.79 Å². The van der Waals surface area contributed by atoms with E-state index in [9.17, 15) is 9.59 Å². The molecule has 0 saturated heterocycles. The van der Waals surface area contributed by atoms with Crippen LogP contribution in [0.1, 0.15) is 0 Å². The molecule has 0 aliphatic carbocycles. The SMILES string of the molecule is CNC(=O)NC(=O)CSC1=NCCS1. The van der Waals surface area contributed by atoms with Gasteiger partial charge in [0.2, 0.25) is 5.91 Å². The van der Waals surface area contributed by atoms with Crippen molar-refractivity contribution in [3.8, 4) is 0 Å². The number of carbonyl (C=O) groups excluding carboxylic acids is 2. The van der Waals surface area contributed by atoms with Gasteiger partial charge in [-0.25, -0.2) is 4.79 Å². The van der Waals surface area contributed by atoms with Crippen molar-refractivity contribution in [3.05, 3.63) is 0 Å². The molecule has 0 unspecified atom stereocenters. The fraction of sp³-hybridized carbons (Fsp3) is 0.571. The molecular formula is C7H11N3O2S2. The number of imide groups is 1. The molecule has 0 saturated carbocycles. The van der Waals surface area contributed by atoms with E-state index in [2.05, 4.69) is 15.6 Å². The van der Waals surface area contributed by atoms with Gasteiger partial charge in [-0.2, -0.15) is 0 Å². The van der Waals surface area contributed by atoms with Gasteiger partial charge in [0.05, 0.1) is 12.3 Å². The molecule has 0 radical (unpaired) electrons. The highest BCUT2D eigenvalue weighted by Gasteiger charge is 2.11. The van der Waals surface area contributed by atoms with Crippen molar-refractivity contribution in [2.45, 2.75) is 0 Å². The number of hydrogen-bond donors (Lipinski definition) is 2. The largest absolute Gasteiger partial charge is 0.341 e. The molecule has 7 heteroatoms. The van der Waals surface area contributed by atoms with Crippen molar-refractivity contribution in [1.82, 2.24) is 10.6 Å². The van der Waals surface area contributed by atoms with Crippen molar-refractivity contribution in [1.29, 1.82) is 0 Å². The molecule has 0 aromatic heterocycles.